The third kappa shape index (κ3) is 15.6. The van der Waals surface area contributed by atoms with Gasteiger partial charge in [-0.2, -0.15) is 5.26 Å². The van der Waals surface area contributed by atoms with Crippen molar-refractivity contribution in [3.63, 3.8) is 0 Å². The molecule has 1 saturated carbocycles. The van der Waals surface area contributed by atoms with Crippen LogP contribution in [0.3, 0.4) is 0 Å². The number of ether oxygens (including phenoxy) is 3. The number of hydroxylamine groups is 1. The molecule has 0 amide bonds. The molecule has 71 heavy (non-hydrogen) atoms. The number of ketones is 3. The number of allylic oxidation sites excluding steroid dienone is 2. The summed E-state index contributed by atoms with van der Waals surface area (Å²) in [6.45, 7) is 17.5. The van der Waals surface area contributed by atoms with Gasteiger partial charge in [-0.15, -0.1) is 5.17 Å². The van der Waals surface area contributed by atoms with Crippen LogP contribution < -0.4 is 19.8 Å². The van der Waals surface area contributed by atoms with Crippen LogP contribution in [0.1, 0.15) is 158 Å². The molecule has 2 fully saturated rings. The van der Waals surface area contributed by atoms with Gasteiger partial charge in [0.25, 0.3) is 0 Å². The van der Waals surface area contributed by atoms with Gasteiger partial charge in [-0.25, -0.2) is 14.4 Å². The Morgan fingerprint density at radius 2 is 1.68 bits per heavy atom. The average molecular weight is 996 g/mol. The van der Waals surface area contributed by atoms with Crippen molar-refractivity contribution in [1.29, 1.82) is 5.26 Å². The third-order valence-corrected chi connectivity index (χ3v) is 14.0. The van der Waals surface area contributed by atoms with E-state index >= 15 is 4.39 Å². The Labute approximate surface area is 424 Å². The lowest BCUT2D eigenvalue weighted by molar-refractivity contribution is -0.121. The monoisotopic (exact) mass is 995 g/mol. The minimum Gasteiger partial charge on any atom is -0.488 e. The molecule has 1 aromatic heterocycles. The maximum absolute atomic E-state index is 15.7. The van der Waals surface area contributed by atoms with Crippen molar-refractivity contribution < 1.29 is 38.2 Å². The van der Waals surface area contributed by atoms with Gasteiger partial charge in [-0.05, 0) is 130 Å². The zero-order valence-electron chi connectivity index (χ0n) is 43.0. The Morgan fingerprint density at radius 3 is 2.28 bits per heavy atom. The van der Waals surface area contributed by atoms with Gasteiger partial charge >= 0.3 is 0 Å². The summed E-state index contributed by atoms with van der Waals surface area (Å²) in [5, 5.41) is 20.6. The largest absolute Gasteiger partial charge is 0.488 e. The van der Waals surface area contributed by atoms with Crippen LogP contribution in [-0.4, -0.2) is 77.2 Å². The molecule has 2 N–H and O–H groups in total. The number of aromatic nitrogens is 2. The highest BCUT2D eigenvalue weighted by Crippen LogP contribution is 2.40. The molecule has 1 saturated heterocycles. The number of carbonyl (C=O) groups is 3. The molecule has 2 heterocycles. The summed E-state index contributed by atoms with van der Waals surface area (Å²) in [5.74, 6) is 1.20. The topological polar surface area (TPSA) is 167 Å². The van der Waals surface area contributed by atoms with Gasteiger partial charge in [0.1, 0.15) is 42.4 Å². The van der Waals surface area contributed by atoms with Gasteiger partial charge < -0.3 is 19.1 Å². The fourth-order valence-corrected chi connectivity index (χ4v) is 8.72. The number of piperidine rings is 1. The van der Waals surface area contributed by atoms with E-state index in [-0.39, 0.29) is 60.3 Å². The van der Waals surface area contributed by atoms with E-state index in [0.29, 0.717) is 97.3 Å². The number of Topliss-reactive ketones (excluding diaryl/α,β-unsaturated/α-hetero) is 3. The van der Waals surface area contributed by atoms with E-state index in [1.165, 1.54) is 18.7 Å². The molecule has 2 unspecified atom stereocenters. The molecular weight excluding hydrogens is 923 g/mol. The van der Waals surface area contributed by atoms with Crippen LogP contribution in [0.4, 0.5) is 16.0 Å². The Balaban J connectivity index is 0.000000690. The van der Waals surface area contributed by atoms with Crippen LogP contribution in [0.5, 0.6) is 11.5 Å². The summed E-state index contributed by atoms with van der Waals surface area (Å²) in [6, 6.07) is 18.7. The summed E-state index contributed by atoms with van der Waals surface area (Å²) in [4.78, 5) is 45.6. The van der Waals surface area contributed by atoms with E-state index in [4.69, 9.17) is 25.8 Å². The molecule has 13 nitrogen and oxygen atoms in total. The smallest absolute Gasteiger partial charge is 0.239 e. The highest BCUT2D eigenvalue weighted by molar-refractivity contribution is 6.32. The molecule has 1 aliphatic carbocycles. The molecule has 1 aliphatic heterocycles. The number of nitrogens with one attached hydrogen (secondary N) is 1. The zero-order valence-corrected chi connectivity index (χ0v) is 43.8. The first kappa shape index (κ1) is 56.2. The summed E-state index contributed by atoms with van der Waals surface area (Å²) in [5.41, 5.74) is 9.26. The van der Waals surface area contributed by atoms with E-state index in [2.05, 4.69) is 47.1 Å². The van der Waals surface area contributed by atoms with Crippen molar-refractivity contribution in [1.82, 2.24) is 15.1 Å². The van der Waals surface area contributed by atoms with Crippen LogP contribution in [-0.2, 0) is 26.3 Å². The Kier molecular flexibility index (Phi) is 21.1. The lowest BCUT2D eigenvalue weighted by Gasteiger charge is -2.34. The highest BCUT2D eigenvalue weighted by Gasteiger charge is 2.29. The number of hydrogen-bond acceptors (Lipinski definition) is 13. The maximum Gasteiger partial charge on any atom is 0.239 e. The number of anilines is 2. The molecule has 0 radical (unpaired) electrons. The van der Waals surface area contributed by atoms with Gasteiger partial charge in [-0.3, -0.25) is 25.0 Å². The second kappa shape index (κ2) is 26.6. The van der Waals surface area contributed by atoms with Crippen LogP contribution in [0.15, 0.2) is 66.4 Å². The molecule has 3 aromatic carbocycles. The molecule has 2 aliphatic rings. The summed E-state index contributed by atoms with van der Waals surface area (Å²) in [7, 11) is 1.42. The van der Waals surface area contributed by atoms with Crippen molar-refractivity contribution in [2.75, 3.05) is 43.7 Å². The quantitative estimate of drug-likeness (QED) is 0.0410. The summed E-state index contributed by atoms with van der Waals surface area (Å²) < 4.78 is 33.9. The van der Waals surface area contributed by atoms with E-state index < -0.39 is 5.41 Å². The van der Waals surface area contributed by atoms with E-state index in [9.17, 15) is 24.9 Å². The lowest BCUT2D eigenvalue weighted by atomic mass is 9.77. The predicted octanol–water partition coefficient (Wildman–Crippen LogP) is 12.3. The number of hydrazine groups is 1. The van der Waals surface area contributed by atoms with Crippen molar-refractivity contribution in [3.05, 3.63) is 111 Å². The summed E-state index contributed by atoms with van der Waals surface area (Å²) in [6.07, 6.45) is 9.76. The molecule has 0 bridgehead atoms. The number of halogens is 2. The average Bonchev–Trinajstić information content (AvgIpc) is 3.33. The number of carbonyl (C=O) groups excluding carboxylic acids is 3. The maximum atomic E-state index is 15.7. The standard InChI is InChI=1S/C46H54ClFN6O5.C10H18O2/c1-7-29(2)43(55)39-25-41(48)42(26-38(39)30(3)31-9-8-10-31)54-19-16-37(17-20-54)57-21-22-58-44-32(27-49)23-34(24-40(44)47)46(4,5)33-11-13-36(14-12-33)59-28-35-15-18-50-45(51-35)52-53(6)56;1-4-5-10(12)7-6-8(2)9(3)11/h11-15,18,23-26,29,37,56H,7-10,16-17,19-22,28H2,1-6H3,(H,50,51,52);8H,4-7H2,1-3H3. The molecule has 15 heteroatoms. The first-order valence-electron chi connectivity index (χ1n) is 24.9. The van der Waals surface area contributed by atoms with Crippen LogP contribution >= 0.6 is 11.6 Å². The van der Waals surface area contributed by atoms with Crippen LogP contribution in [0, 0.1) is 29.0 Å². The summed E-state index contributed by atoms with van der Waals surface area (Å²) >= 11 is 6.77. The first-order valence-corrected chi connectivity index (χ1v) is 25.3. The predicted molar refractivity (Wildman–Crippen MR) is 277 cm³/mol. The van der Waals surface area contributed by atoms with E-state index in [1.807, 2.05) is 70.2 Å². The second-order valence-corrected chi connectivity index (χ2v) is 19.6. The van der Waals surface area contributed by atoms with Crippen molar-refractivity contribution in [2.45, 2.75) is 138 Å². The minimum atomic E-state index is -0.502. The first-order chi connectivity index (χ1) is 33.9. The number of hydrogen-bond donors (Lipinski definition) is 2. The Morgan fingerprint density at radius 1 is 0.972 bits per heavy atom. The normalized spacial score (nSPS) is 14.6. The van der Waals surface area contributed by atoms with Crippen molar-refractivity contribution in [2.24, 2.45) is 11.8 Å². The molecule has 4 aromatic rings. The second-order valence-electron chi connectivity index (χ2n) is 19.2. The fourth-order valence-electron chi connectivity index (χ4n) is 8.45. The molecule has 6 rings (SSSR count). The Bertz CT molecular complexity index is 2530. The van der Waals surface area contributed by atoms with Crippen LogP contribution in [0.25, 0.3) is 5.57 Å². The SMILES string of the molecule is CCC(C)C(=O)c1cc(F)c(N2CCC(OCCOc3c(Cl)cc(C(C)(C)c4ccc(OCc5ccnc(NN(C)O)n5)cc4)cc3C#N)CC2)cc1C(C)=C1CCC1.CCCC(=O)CCC(C)C(C)=O. The van der Waals surface area contributed by atoms with Gasteiger partial charge in [0.15, 0.2) is 11.5 Å². The van der Waals surface area contributed by atoms with Gasteiger partial charge in [0.2, 0.25) is 5.95 Å². The number of benzene rings is 3. The third-order valence-electron chi connectivity index (χ3n) is 13.7. The molecular formula is C56H72ClFN6O7. The fraction of sp³-hybridized carbons (Fsp3) is 0.500. The van der Waals surface area contributed by atoms with E-state index in [1.54, 1.807) is 19.2 Å². The number of rotatable bonds is 23. The minimum absolute atomic E-state index is 0.00293. The van der Waals surface area contributed by atoms with Gasteiger partial charge in [-0.1, -0.05) is 70.8 Å². The Hall–Kier alpha value is -5.72. The number of nitriles is 1. The molecule has 0 spiro atoms. The highest BCUT2D eigenvalue weighted by atomic mass is 35.5. The molecule has 382 valence electrons. The number of nitrogens with zero attached hydrogens (tertiary/aromatic N) is 5. The van der Waals surface area contributed by atoms with E-state index in [0.717, 1.165) is 53.1 Å². The van der Waals surface area contributed by atoms with Crippen molar-refractivity contribution in [3.8, 4) is 17.6 Å². The van der Waals surface area contributed by atoms with Gasteiger partial charge in [0.05, 0.1) is 34.7 Å². The lowest BCUT2D eigenvalue weighted by Crippen LogP contribution is -2.38. The van der Waals surface area contributed by atoms with Gasteiger partial charge in [0, 0.05) is 62.0 Å². The van der Waals surface area contributed by atoms with Crippen LogP contribution in [0.2, 0.25) is 5.02 Å². The van der Waals surface area contributed by atoms with Crippen molar-refractivity contribution >= 4 is 46.2 Å². The zero-order chi connectivity index (χ0) is 51.8. The molecule has 2 atom stereocenters.